The summed E-state index contributed by atoms with van der Waals surface area (Å²) >= 11 is 0. The van der Waals surface area contributed by atoms with Gasteiger partial charge in [-0.1, -0.05) is 68.4 Å². The van der Waals surface area contributed by atoms with Crippen LogP contribution in [0.3, 0.4) is 0 Å². The van der Waals surface area contributed by atoms with Gasteiger partial charge in [-0.25, -0.2) is 9.07 Å². The first-order valence-electron chi connectivity index (χ1n) is 12.6. The largest absolute Gasteiger partial charge is 0.354 e. The first-order valence-corrected chi connectivity index (χ1v) is 12.6. The molecule has 0 fully saturated rings. The summed E-state index contributed by atoms with van der Waals surface area (Å²) in [5, 5.41) is 11.3. The van der Waals surface area contributed by atoms with Gasteiger partial charge < -0.3 is 5.32 Å². The van der Waals surface area contributed by atoms with Crippen molar-refractivity contribution in [3.63, 3.8) is 0 Å². The molecule has 37 heavy (non-hydrogen) atoms. The fourth-order valence-electron chi connectivity index (χ4n) is 4.34. The Bertz CT molecular complexity index is 1370. The van der Waals surface area contributed by atoms with E-state index in [2.05, 4.69) is 29.5 Å². The zero-order valence-corrected chi connectivity index (χ0v) is 21.4. The maximum Gasteiger partial charge on any atom is 0.249 e. The molecule has 1 aromatic heterocycles. The Morgan fingerprint density at radius 3 is 2.43 bits per heavy atom. The van der Waals surface area contributed by atoms with Crippen LogP contribution in [0, 0.1) is 11.7 Å². The SMILES string of the molecule is CCc1ccccc1N(C(=O)Cn1nnc2ccccc21)C(C(=O)NCCC(C)C)c1ccc(F)cc1. The van der Waals surface area contributed by atoms with Gasteiger partial charge in [-0.05, 0) is 60.2 Å². The molecule has 4 aromatic rings. The first-order chi connectivity index (χ1) is 17.9. The highest BCUT2D eigenvalue weighted by molar-refractivity contribution is 6.02. The number of aromatic nitrogens is 3. The Morgan fingerprint density at radius 1 is 1.00 bits per heavy atom. The fraction of sp³-hybridized carbons (Fsp3) is 0.310. The Kier molecular flexibility index (Phi) is 8.28. The molecule has 8 heteroatoms. The van der Waals surface area contributed by atoms with Crippen LogP contribution in [-0.4, -0.2) is 33.4 Å². The second-order valence-electron chi connectivity index (χ2n) is 9.41. The summed E-state index contributed by atoms with van der Waals surface area (Å²) in [6.07, 6.45) is 1.46. The molecule has 0 aliphatic heterocycles. The van der Waals surface area contributed by atoms with Gasteiger partial charge in [-0.2, -0.15) is 0 Å². The monoisotopic (exact) mass is 501 g/mol. The summed E-state index contributed by atoms with van der Waals surface area (Å²) < 4.78 is 15.4. The number of amides is 2. The number of carbonyl (C=O) groups is 2. The summed E-state index contributed by atoms with van der Waals surface area (Å²) in [5.74, 6) is -0.660. The molecule has 0 saturated heterocycles. The fourth-order valence-corrected chi connectivity index (χ4v) is 4.34. The number of benzene rings is 3. The van der Waals surface area contributed by atoms with Gasteiger partial charge in [0.05, 0.1) is 5.52 Å². The number of anilines is 1. The van der Waals surface area contributed by atoms with Crippen LogP contribution in [0.15, 0.2) is 72.8 Å². The molecule has 0 spiro atoms. The van der Waals surface area contributed by atoms with Crippen LogP contribution in [0.5, 0.6) is 0 Å². The van der Waals surface area contributed by atoms with Gasteiger partial charge >= 0.3 is 0 Å². The molecule has 0 aliphatic carbocycles. The van der Waals surface area contributed by atoms with Crippen LogP contribution in [0.2, 0.25) is 0 Å². The molecule has 0 aliphatic rings. The molecule has 0 bridgehead atoms. The van der Waals surface area contributed by atoms with Crippen LogP contribution in [0.1, 0.15) is 44.4 Å². The van der Waals surface area contributed by atoms with Gasteiger partial charge in [-0.15, -0.1) is 5.10 Å². The van der Waals surface area contributed by atoms with Gasteiger partial charge in [0.15, 0.2) is 0 Å². The molecule has 0 saturated carbocycles. The number of halogens is 1. The molecule has 7 nitrogen and oxygen atoms in total. The average molecular weight is 502 g/mol. The predicted octanol–water partition coefficient (Wildman–Crippen LogP) is 5.07. The Labute approximate surface area is 216 Å². The van der Waals surface area contributed by atoms with Crippen molar-refractivity contribution in [2.45, 2.75) is 46.2 Å². The third kappa shape index (κ3) is 6.02. The molecule has 192 valence electrons. The van der Waals surface area contributed by atoms with Crippen molar-refractivity contribution in [2.24, 2.45) is 5.92 Å². The lowest BCUT2D eigenvalue weighted by Crippen LogP contribution is -2.46. The van der Waals surface area contributed by atoms with Gasteiger partial charge in [-0.3, -0.25) is 14.5 Å². The van der Waals surface area contributed by atoms with Crippen molar-refractivity contribution in [2.75, 3.05) is 11.4 Å². The maximum absolute atomic E-state index is 14.1. The first kappa shape index (κ1) is 26.0. The van der Waals surface area contributed by atoms with Crippen molar-refractivity contribution >= 4 is 28.5 Å². The number of rotatable bonds is 10. The van der Waals surface area contributed by atoms with Gasteiger partial charge in [0.2, 0.25) is 11.8 Å². The van der Waals surface area contributed by atoms with Crippen molar-refractivity contribution in [3.05, 3.63) is 89.7 Å². The normalized spacial score (nSPS) is 12.0. The molecule has 0 radical (unpaired) electrons. The Balaban J connectivity index is 1.79. The number of fused-ring (bicyclic) bond motifs is 1. The molecular weight excluding hydrogens is 469 g/mol. The molecule has 1 heterocycles. The van der Waals surface area contributed by atoms with Crippen molar-refractivity contribution < 1.29 is 14.0 Å². The number of carbonyl (C=O) groups excluding carboxylic acids is 2. The van der Waals surface area contributed by atoms with Gasteiger partial charge in [0.1, 0.15) is 23.9 Å². The summed E-state index contributed by atoms with van der Waals surface area (Å²) in [6, 6.07) is 19.7. The molecule has 2 amide bonds. The van der Waals surface area contributed by atoms with E-state index in [4.69, 9.17) is 0 Å². The van der Waals surface area contributed by atoms with E-state index in [-0.39, 0.29) is 18.4 Å². The summed E-state index contributed by atoms with van der Waals surface area (Å²) in [4.78, 5) is 29.3. The molecule has 1 unspecified atom stereocenters. The Hall–Kier alpha value is -4.07. The molecule has 3 aromatic carbocycles. The van der Waals surface area contributed by atoms with Gasteiger partial charge in [0.25, 0.3) is 0 Å². The molecular formula is C29H32FN5O2. The maximum atomic E-state index is 14.1. The summed E-state index contributed by atoms with van der Waals surface area (Å²) in [6.45, 7) is 6.52. The number of nitrogens with one attached hydrogen (secondary N) is 1. The standard InChI is InChI=1S/C29H32FN5O2/c1-4-21-9-5-7-11-25(21)35(27(36)19-34-26-12-8-6-10-24(26)32-33-34)28(22-13-15-23(30)16-14-22)29(37)31-18-17-20(2)3/h5-16,20,28H,4,17-19H2,1-3H3,(H,31,37). The molecule has 1 atom stereocenters. The van der Waals surface area contributed by atoms with Crippen molar-refractivity contribution in [1.82, 2.24) is 20.3 Å². The number of para-hydroxylation sites is 2. The highest BCUT2D eigenvalue weighted by atomic mass is 19.1. The quantitative estimate of drug-likeness (QED) is 0.329. The third-order valence-corrected chi connectivity index (χ3v) is 6.32. The second kappa shape index (κ2) is 11.8. The van der Waals surface area contributed by atoms with Crippen molar-refractivity contribution in [1.29, 1.82) is 0 Å². The lowest BCUT2D eigenvalue weighted by atomic mass is 10.0. The summed E-state index contributed by atoms with van der Waals surface area (Å²) in [5.41, 5.74) is 3.47. The topological polar surface area (TPSA) is 80.1 Å². The highest BCUT2D eigenvalue weighted by Gasteiger charge is 2.34. The molecule has 4 rings (SSSR count). The van der Waals surface area contributed by atoms with E-state index in [1.54, 1.807) is 12.1 Å². The van der Waals surface area contributed by atoms with Crippen LogP contribution in [-0.2, 0) is 22.6 Å². The number of aryl methyl sites for hydroxylation is 1. The number of hydrogen-bond donors (Lipinski definition) is 1. The lowest BCUT2D eigenvalue weighted by Gasteiger charge is -2.33. The second-order valence-corrected chi connectivity index (χ2v) is 9.41. The van der Waals surface area contributed by atoms with E-state index in [1.165, 1.54) is 21.7 Å². The zero-order valence-electron chi connectivity index (χ0n) is 21.4. The molecule has 1 N–H and O–H groups in total. The van der Waals surface area contributed by atoms with E-state index in [1.807, 2.05) is 55.5 Å². The zero-order chi connectivity index (χ0) is 26.4. The number of hydrogen-bond acceptors (Lipinski definition) is 4. The Morgan fingerprint density at radius 2 is 1.70 bits per heavy atom. The minimum atomic E-state index is -0.997. The van der Waals surface area contributed by atoms with Crippen LogP contribution < -0.4 is 10.2 Å². The smallest absolute Gasteiger partial charge is 0.249 e. The lowest BCUT2D eigenvalue weighted by molar-refractivity contribution is -0.127. The number of nitrogens with zero attached hydrogens (tertiary/aromatic N) is 4. The highest BCUT2D eigenvalue weighted by Crippen LogP contribution is 2.32. The summed E-state index contributed by atoms with van der Waals surface area (Å²) in [7, 11) is 0. The predicted molar refractivity (Wildman–Crippen MR) is 142 cm³/mol. The van der Waals surface area contributed by atoms with E-state index >= 15 is 0 Å². The van der Waals surface area contributed by atoms with E-state index < -0.39 is 11.9 Å². The van der Waals surface area contributed by atoms with Crippen LogP contribution >= 0.6 is 0 Å². The van der Waals surface area contributed by atoms with E-state index in [9.17, 15) is 14.0 Å². The minimum Gasteiger partial charge on any atom is -0.354 e. The third-order valence-electron chi connectivity index (χ3n) is 6.32. The van der Waals surface area contributed by atoms with E-state index in [0.29, 0.717) is 35.7 Å². The van der Waals surface area contributed by atoms with Crippen LogP contribution in [0.4, 0.5) is 10.1 Å². The van der Waals surface area contributed by atoms with Gasteiger partial charge in [0, 0.05) is 12.2 Å². The average Bonchev–Trinajstić information content (AvgIpc) is 3.30. The van der Waals surface area contributed by atoms with E-state index in [0.717, 1.165) is 17.5 Å². The van der Waals surface area contributed by atoms with Crippen LogP contribution in [0.25, 0.3) is 11.0 Å². The van der Waals surface area contributed by atoms with Crippen molar-refractivity contribution in [3.8, 4) is 0 Å². The minimum absolute atomic E-state index is 0.116.